The molecular formula is C29H35NO5S2. The highest BCUT2D eigenvalue weighted by atomic mass is 32.2. The van der Waals surface area contributed by atoms with Crippen molar-refractivity contribution in [1.29, 1.82) is 0 Å². The van der Waals surface area contributed by atoms with E-state index in [1.54, 1.807) is 33.8 Å². The van der Waals surface area contributed by atoms with Crippen molar-refractivity contribution in [2.24, 2.45) is 0 Å². The fraction of sp³-hybridized carbons (Fsp3) is 0.448. The van der Waals surface area contributed by atoms with Gasteiger partial charge in [-0.15, -0.1) is 11.3 Å². The second-order valence-corrected chi connectivity index (χ2v) is 12.8. The van der Waals surface area contributed by atoms with E-state index in [1.807, 2.05) is 26.8 Å². The van der Waals surface area contributed by atoms with E-state index in [2.05, 4.69) is 36.6 Å². The molecule has 6 nitrogen and oxygen atoms in total. The van der Waals surface area contributed by atoms with Gasteiger partial charge in [-0.3, -0.25) is 0 Å². The maximum Gasteiger partial charge on any atom is 0.247 e. The molecule has 1 fully saturated rings. The molecule has 0 spiro atoms. The van der Waals surface area contributed by atoms with Gasteiger partial charge in [0.15, 0.2) is 5.79 Å². The molecule has 0 N–H and O–H groups in total. The number of benzene rings is 2. The minimum atomic E-state index is -3.70. The van der Waals surface area contributed by atoms with E-state index in [4.69, 9.17) is 14.2 Å². The summed E-state index contributed by atoms with van der Waals surface area (Å²) in [5.74, 6) is -0.0390. The molecule has 1 aromatic heterocycles. The van der Waals surface area contributed by atoms with Crippen LogP contribution in [0.4, 0.5) is 0 Å². The maximum atomic E-state index is 13.7. The van der Waals surface area contributed by atoms with E-state index in [0.717, 1.165) is 29.5 Å². The minimum Gasteiger partial charge on any atom is -0.488 e. The molecule has 2 atom stereocenters. The zero-order valence-electron chi connectivity index (χ0n) is 21.9. The van der Waals surface area contributed by atoms with E-state index >= 15 is 0 Å². The number of fused-ring (bicyclic) bond motifs is 1. The summed E-state index contributed by atoms with van der Waals surface area (Å²) in [6.07, 6.45) is 1.46. The molecule has 2 aromatic carbocycles. The Morgan fingerprint density at radius 1 is 1.11 bits per heavy atom. The van der Waals surface area contributed by atoms with Gasteiger partial charge in [-0.1, -0.05) is 44.2 Å². The SMILES string of the molecule is CCC(c1ccc(C)c(CN2C[C@@H](CC)Oc3ccccc3S2(=O)=O)c1)c1cc(C2(C)OCCO2)cs1. The first kappa shape index (κ1) is 26.4. The van der Waals surface area contributed by atoms with Gasteiger partial charge in [0.1, 0.15) is 16.7 Å². The van der Waals surface area contributed by atoms with Crippen LogP contribution in [-0.2, 0) is 31.8 Å². The fourth-order valence-electron chi connectivity index (χ4n) is 5.13. The molecule has 0 aliphatic carbocycles. The van der Waals surface area contributed by atoms with Crippen molar-refractivity contribution < 1.29 is 22.6 Å². The molecule has 0 bridgehead atoms. The quantitative estimate of drug-likeness (QED) is 0.357. The van der Waals surface area contributed by atoms with Crippen LogP contribution in [0.25, 0.3) is 0 Å². The first-order valence-corrected chi connectivity index (χ1v) is 15.3. The van der Waals surface area contributed by atoms with Crippen molar-refractivity contribution in [3.05, 3.63) is 81.0 Å². The summed E-state index contributed by atoms with van der Waals surface area (Å²) in [6.45, 7) is 10.1. The zero-order chi connectivity index (χ0) is 26.2. The minimum absolute atomic E-state index is 0.198. The normalized spacial score (nSPS) is 21.7. The maximum absolute atomic E-state index is 13.7. The molecule has 37 heavy (non-hydrogen) atoms. The van der Waals surface area contributed by atoms with E-state index in [-0.39, 0.29) is 16.9 Å². The van der Waals surface area contributed by atoms with Gasteiger partial charge in [0.05, 0.1) is 19.8 Å². The predicted octanol–water partition coefficient (Wildman–Crippen LogP) is 6.18. The number of hydrogen-bond acceptors (Lipinski definition) is 6. The summed E-state index contributed by atoms with van der Waals surface area (Å²) in [7, 11) is -3.70. The van der Waals surface area contributed by atoms with Crippen molar-refractivity contribution in [2.45, 2.75) is 69.8 Å². The molecule has 1 unspecified atom stereocenters. The summed E-state index contributed by atoms with van der Waals surface area (Å²) in [5, 5.41) is 2.13. The van der Waals surface area contributed by atoms with Crippen LogP contribution in [-0.4, -0.2) is 38.6 Å². The lowest BCUT2D eigenvalue weighted by molar-refractivity contribution is -0.149. The number of nitrogens with zero attached hydrogens (tertiary/aromatic N) is 1. The third kappa shape index (κ3) is 5.10. The molecule has 3 aromatic rings. The van der Waals surface area contributed by atoms with Crippen molar-refractivity contribution in [1.82, 2.24) is 4.31 Å². The van der Waals surface area contributed by atoms with Crippen LogP contribution in [0.5, 0.6) is 5.75 Å². The Bertz CT molecular complexity index is 1360. The van der Waals surface area contributed by atoms with Crippen molar-refractivity contribution >= 4 is 21.4 Å². The van der Waals surface area contributed by atoms with Gasteiger partial charge < -0.3 is 14.2 Å². The Labute approximate surface area is 224 Å². The average molecular weight is 542 g/mol. The van der Waals surface area contributed by atoms with Crippen molar-refractivity contribution in [2.75, 3.05) is 19.8 Å². The second kappa shape index (κ2) is 10.5. The molecule has 2 aliphatic heterocycles. The summed E-state index contributed by atoms with van der Waals surface area (Å²) >= 11 is 1.72. The lowest BCUT2D eigenvalue weighted by Gasteiger charge is -2.24. The smallest absolute Gasteiger partial charge is 0.247 e. The lowest BCUT2D eigenvalue weighted by Crippen LogP contribution is -2.36. The van der Waals surface area contributed by atoms with E-state index in [0.29, 0.717) is 32.1 Å². The van der Waals surface area contributed by atoms with Crippen molar-refractivity contribution in [3.63, 3.8) is 0 Å². The molecule has 0 amide bonds. The van der Waals surface area contributed by atoms with Gasteiger partial charge >= 0.3 is 0 Å². The standard InChI is InChI=1S/C29H35NO5S2/c1-5-24-18-30(37(31,32)28-10-8-7-9-26(28)35-24)17-22-15-21(12-11-20(22)3)25(6-2)27-16-23(19-36-27)29(4)33-13-14-34-29/h7-12,15-16,19,24-25H,5-6,13-14,17-18H2,1-4H3/t24-,25?/m1/s1. The molecule has 0 saturated carbocycles. The summed E-state index contributed by atoms with van der Waals surface area (Å²) in [6, 6.07) is 15.6. The predicted molar refractivity (Wildman–Crippen MR) is 146 cm³/mol. The first-order chi connectivity index (χ1) is 17.7. The molecule has 3 heterocycles. The summed E-state index contributed by atoms with van der Waals surface area (Å²) in [5.41, 5.74) is 4.33. The van der Waals surface area contributed by atoms with E-state index in [1.165, 1.54) is 10.4 Å². The summed E-state index contributed by atoms with van der Waals surface area (Å²) in [4.78, 5) is 1.49. The Kier molecular flexibility index (Phi) is 7.49. The zero-order valence-corrected chi connectivity index (χ0v) is 23.5. The van der Waals surface area contributed by atoms with Crippen LogP contribution < -0.4 is 4.74 Å². The third-order valence-electron chi connectivity index (χ3n) is 7.48. The highest BCUT2D eigenvalue weighted by Crippen LogP contribution is 2.39. The molecule has 5 rings (SSSR count). The number of sulfonamides is 1. The van der Waals surface area contributed by atoms with Gasteiger partial charge in [-0.2, -0.15) is 4.31 Å². The van der Waals surface area contributed by atoms with Crippen LogP contribution >= 0.6 is 11.3 Å². The van der Waals surface area contributed by atoms with E-state index < -0.39 is 15.8 Å². The van der Waals surface area contributed by atoms with Gasteiger partial charge in [-0.25, -0.2) is 8.42 Å². The molecule has 2 aliphatic rings. The summed E-state index contributed by atoms with van der Waals surface area (Å²) < 4.78 is 46.8. The highest BCUT2D eigenvalue weighted by Gasteiger charge is 2.36. The topological polar surface area (TPSA) is 65.1 Å². The molecule has 8 heteroatoms. The largest absolute Gasteiger partial charge is 0.488 e. The van der Waals surface area contributed by atoms with Gasteiger partial charge in [0.25, 0.3) is 0 Å². The highest BCUT2D eigenvalue weighted by molar-refractivity contribution is 7.89. The average Bonchev–Trinajstić information content (AvgIpc) is 3.54. The number of ether oxygens (including phenoxy) is 3. The second-order valence-electron chi connectivity index (χ2n) is 9.92. The fourth-order valence-corrected chi connectivity index (χ4v) is 7.91. The van der Waals surface area contributed by atoms with Crippen LogP contribution in [0.3, 0.4) is 0 Å². The van der Waals surface area contributed by atoms with Crippen molar-refractivity contribution in [3.8, 4) is 5.75 Å². The van der Waals surface area contributed by atoms with Gasteiger partial charge in [0, 0.05) is 22.9 Å². The number of para-hydroxylation sites is 1. The van der Waals surface area contributed by atoms with Gasteiger partial charge in [0.2, 0.25) is 10.0 Å². The molecule has 0 radical (unpaired) electrons. The molecular weight excluding hydrogens is 506 g/mol. The molecule has 198 valence electrons. The lowest BCUT2D eigenvalue weighted by atomic mass is 9.91. The Balaban J connectivity index is 1.46. The monoisotopic (exact) mass is 541 g/mol. The Morgan fingerprint density at radius 2 is 1.86 bits per heavy atom. The number of rotatable bonds is 7. The number of aryl methyl sites for hydroxylation is 1. The van der Waals surface area contributed by atoms with Crippen LogP contribution in [0, 0.1) is 6.92 Å². The molecule has 1 saturated heterocycles. The third-order valence-corrected chi connectivity index (χ3v) is 10.4. The number of hydrogen-bond donors (Lipinski definition) is 0. The number of thiophene rings is 1. The first-order valence-electron chi connectivity index (χ1n) is 13.0. The van der Waals surface area contributed by atoms with E-state index in [9.17, 15) is 8.42 Å². The van der Waals surface area contributed by atoms with Crippen LogP contribution in [0.1, 0.15) is 66.7 Å². The Morgan fingerprint density at radius 3 is 2.59 bits per heavy atom. The Hall–Kier alpha value is -2.23. The van der Waals surface area contributed by atoms with Crippen LogP contribution in [0.15, 0.2) is 58.8 Å². The van der Waals surface area contributed by atoms with Crippen LogP contribution in [0.2, 0.25) is 0 Å². The van der Waals surface area contributed by atoms with Gasteiger partial charge in [-0.05, 0) is 67.0 Å².